The molecule has 1 aromatic carbocycles. The Kier molecular flexibility index (Phi) is 4.75. The Morgan fingerprint density at radius 2 is 2.25 bits per heavy atom. The zero-order valence-electron chi connectivity index (χ0n) is 12.0. The number of ether oxygens (including phenoxy) is 2. The Balaban J connectivity index is 1.86. The van der Waals surface area contributed by atoms with Crippen molar-refractivity contribution in [2.45, 2.75) is 32.2 Å². The summed E-state index contributed by atoms with van der Waals surface area (Å²) in [6, 6.07) is 7.22. The average Bonchev–Trinajstić information content (AvgIpc) is 2.38. The Bertz CT molecular complexity index is 474. The third kappa shape index (κ3) is 4.03. The van der Waals surface area contributed by atoms with Crippen LogP contribution in [0, 0.1) is 0 Å². The van der Waals surface area contributed by atoms with Crippen molar-refractivity contribution in [1.82, 2.24) is 5.32 Å². The molecule has 1 aliphatic rings. The lowest BCUT2D eigenvalue weighted by Crippen LogP contribution is -2.51. The van der Waals surface area contributed by atoms with Gasteiger partial charge in [-0.15, -0.1) is 0 Å². The van der Waals surface area contributed by atoms with Gasteiger partial charge in [0.25, 0.3) is 0 Å². The molecule has 0 saturated carbocycles. The van der Waals surface area contributed by atoms with Gasteiger partial charge in [0.15, 0.2) is 0 Å². The molecule has 1 fully saturated rings. The number of nitrogens with two attached hydrogens (primary N) is 1. The maximum absolute atomic E-state index is 11.3. The summed E-state index contributed by atoms with van der Waals surface area (Å²) in [5.74, 6) is -0.430. The zero-order valence-corrected chi connectivity index (χ0v) is 12.0. The highest BCUT2D eigenvalue weighted by Gasteiger charge is 2.28. The molecule has 0 aliphatic carbocycles. The minimum Gasteiger partial charge on any atom is -0.374 e. The van der Waals surface area contributed by atoms with Gasteiger partial charge in [0.2, 0.25) is 5.91 Å². The van der Waals surface area contributed by atoms with Gasteiger partial charge in [-0.2, -0.15) is 0 Å². The van der Waals surface area contributed by atoms with Crippen molar-refractivity contribution >= 4 is 5.91 Å². The van der Waals surface area contributed by atoms with Crippen molar-refractivity contribution in [2.75, 3.05) is 19.7 Å². The van der Waals surface area contributed by atoms with Crippen molar-refractivity contribution in [3.8, 4) is 0 Å². The molecule has 1 saturated heterocycles. The average molecular weight is 278 g/mol. The predicted octanol–water partition coefficient (Wildman–Crippen LogP) is 1.07. The quantitative estimate of drug-likeness (QED) is 0.845. The summed E-state index contributed by atoms with van der Waals surface area (Å²) in [7, 11) is 0. The van der Waals surface area contributed by atoms with Crippen LogP contribution in [-0.2, 0) is 16.1 Å². The van der Waals surface area contributed by atoms with Crippen molar-refractivity contribution in [2.24, 2.45) is 5.73 Å². The van der Waals surface area contributed by atoms with Crippen LogP contribution in [0.15, 0.2) is 24.3 Å². The molecule has 0 bridgehead atoms. The van der Waals surface area contributed by atoms with Crippen LogP contribution in [0.4, 0.5) is 0 Å². The molecule has 5 nitrogen and oxygen atoms in total. The molecular weight excluding hydrogens is 256 g/mol. The van der Waals surface area contributed by atoms with Gasteiger partial charge in [0, 0.05) is 18.7 Å². The van der Waals surface area contributed by atoms with Crippen LogP contribution in [-0.4, -0.2) is 37.3 Å². The number of rotatable bonds is 5. The number of benzene rings is 1. The van der Waals surface area contributed by atoms with Crippen LogP contribution in [0.25, 0.3) is 0 Å². The summed E-state index contributed by atoms with van der Waals surface area (Å²) in [5, 5.41) is 3.32. The summed E-state index contributed by atoms with van der Waals surface area (Å²) in [4.78, 5) is 11.3. The number of amides is 1. The fourth-order valence-corrected chi connectivity index (χ4v) is 2.35. The second kappa shape index (κ2) is 6.35. The number of hydrogen-bond donors (Lipinski definition) is 2. The minimum absolute atomic E-state index is 0.0273. The molecule has 1 atom stereocenters. The van der Waals surface area contributed by atoms with E-state index in [2.05, 4.69) is 19.2 Å². The molecule has 1 heterocycles. The molecule has 0 radical (unpaired) electrons. The van der Waals surface area contributed by atoms with Crippen LogP contribution >= 0.6 is 0 Å². The molecule has 20 heavy (non-hydrogen) atoms. The number of nitrogens with one attached hydrogen (secondary N) is 1. The first kappa shape index (κ1) is 15.0. The fourth-order valence-electron chi connectivity index (χ4n) is 2.35. The molecule has 5 heteroatoms. The van der Waals surface area contributed by atoms with Crippen molar-refractivity contribution in [1.29, 1.82) is 0 Å². The van der Waals surface area contributed by atoms with Gasteiger partial charge in [0.1, 0.15) is 0 Å². The lowest BCUT2D eigenvalue weighted by Gasteiger charge is -2.36. The SMILES string of the molecule is CC1(C)CNCC(COCc2ccccc2C(N)=O)O1. The molecule has 1 unspecified atom stereocenters. The Morgan fingerprint density at radius 1 is 1.50 bits per heavy atom. The monoisotopic (exact) mass is 278 g/mol. The van der Waals surface area contributed by atoms with E-state index in [1.807, 2.05) is 12.1 Å². The largest absolute Gasteiger partial charge is 0.374 e. The minimum atomic E-state index is -0.430. The van der Waals surface area contributed by atoms with Gasteiger partial charge in [-0.05, 0) is 25.5 Å². The molecule has 3 N–H and O–H groups in total. The van der Waals surface area contributed by atoms with Crippen molar-refractivity contribution < 1.29 is 14.3 Å². The standard InChI is InChI=1S/C15H22N2O3/c1-15(2)10-17-7-12(20-15)9-19-8-11-5-3-4-6-13(11)14(16)18/h3-6,12,17H,7-10H2,1-2H3,(H2,16,18). The highest BCUT2D eigenvalue weighted by molar-refractivity contribution is 5.94. The molecule has 110 valence electrons. The molecule has 1 aromatic rings. The Morgan fingerprint density at radius 3 is 2.95 bits per heavy atom. The van der Waals surface area contributed by atoms with E-state index in [1.165, 1.54) is 0 Å². The number of carbonyl (C=O) groups is 1. The van der Waals surface area contributed by atoms with E-state index in [0.717, 1.165) is 18.7 Å². The van der Waals surface area contributed by atoms with Gasteiger partial charge in [-0.1, -0.05) is 18.2 Å². The van der Waals surface area contributed by atoms with Gasteiger partial charge in [-0.3, -0.25) is 4.79 Å². The number of hydrogen-bond acceptors (Lipinski definition) is 4. The van der Waals surface area contributed by atoms with Crippen LogP contribution in [0.1, 0.15) is 29.8 Å². The van der Waals surface area contributed by atoms with Crippen molar-refractivity contribution in [3.05, 3.63) is 35.4 Å². The molecule has 2 rings (SSSR count). The topological polar surface area (TPSA) is 73.6 Å². The molecule has 1 amide bonds. The lowest BCUT2D eigenvalue weighted by molar-refractivity contribution is -0.122. The maximum atomic E-state index is 11.3. The lowest BCUT2D eigenvalue weighted by atomic mass is 10.1. The highest BCUT2D eigenvalue weighted by atomic mass is 16.5. The first-order valence-electron chi connectivity index (χ1n) is 6.82. The van der Waals surface area contributed by atoms with E-state index in [9.17, 15) is 4.79 Å². The smallest absolute Gasteiger partial charge is 0.249 e. The number of primary amides is 1. The van der Waals surface area contributed by atoms with Crippen LogP contribution in [0.5, 0.6) is 0 Å². The van der Waals surface area contributed by atoms with E-state index in [1.54, 1.807) is 12.1 Å². The highest BCUT2D eigenvalue weighted by Crippen LogP contribution is 2.16. The first-order chi connectivity index (χ1) is 9.48. The second-order valence-electron chi connectivity index (χ2n) is 5.67. The van der Waals surface area contributed by atoms with Crippen LogP contribution in [0.3, 0.4) is 0 Å². The summed E-state index contributed by atoms with van der Waals surface area (Å²) in [6.07, 6.45) is 0.0273. The normalized spacial score (nSPS) is 21.6. The number of morpholine rings is 1. The molecule has 0 aromatic heterocycles. The van der Waals surface area contributed by atoms with E-state index in [4.69, 9.17) is 15.2 Å². The van der Waals surface area contributed by atoms with Gasteiger partial charge >= 0.3 is 0 Å². The van der Waals surface area contributed by atoms with Crippen molar-refractivity contribution in [3.63, 3.8) is 0 Å². The van der Waals surface area contributed by atoms with Gasteiger partial charge in [0.05, 0.1) is 24.9 Å². The fraction of sp³-hybridized carbons (Fsp3) is 0.533. The predicted molar refractivity (Wildman–Crippen MR) is 76.4 cm³/mol. The Labute approximate surface area is 119 Å². The third-order valence-electron chi connectivity index (χ3n) is 3.25. The van der Waals surface area contributed by atoms with E-state index in [0.29, 0.717) is 18.8 Å². The Hall–Kier alpha value is -1.43. The number of carbonyl (C=O) groups excluding carboxylic acids is 1. The summed E-state index contributed by atoms with van der Waals surface area (Å²) in [5.41, 5.74) is 6.48. The first-order valence-corrected chi connectivity index (χ1v) is 6.82. The van der Waals surface area contributed by atoms with Crippen LogP contribution in [0.2, 0.25) is 0 Å². The van der Waals surface area contributed by atoms with E-state index >= 15 is 0 Å². The molecule has 0 spiro atoms. The third-order valence-corrected chi connectivity index (χ3v) is 3.25. The van der Waals surface area contributed by atoms with Gasteiger partial charge in [-0.25, -0.2) is 0 Å². The zero-order chi connectivity index (χ0) is 14.6. The second-order valence-corrected chi connectivity index (χ2v) is 5.67. The maximum Gasteiger partial charge on any atom is 0.249 e. The van der Waals surface area contributed by atoms with E-state index in [-0.39, 0.29) is 11.7 Å². The molecular formula is C15H22N2O3. The van der Waals surface area contributed by atoms with Gasteiger partial charge < -0.3 is 20.5 Å². The summed E-state index contributed by atoms with van der Waals surface area (Å²) < 4.78 is 11.6. The molecule has 1 aliphatic heterocycles. The van der Waals surface area contributed by atoms with E-state index < -0.39 is 5.91 Å². The summed E-state index contributed by atoms with van der Waals surface area (Å²) >= 11 is 0. The summed E-state index contributed by atoms with van der Waals surface area (Å²) in [6.45, 7) is 6.57. The van der Waals surface area contributed by atoms with Crippen LogP contribution < -0.4 is 11.1 Å².